The first-order valence-corrected chi connectivity index (χ1v) is 11.0. The van der Waals surface area contributed by atoms with E-state index >= 15 is 0 Å². The number of rotatable bonds is 0. The number of benzene rings is 2. The minimum absolute atomic E-state index is 0.0208. The Labute approximate surface area is 181 Å². The van der Waals surface area contributed by atoms with Crippen molar-refractivity contribution < 1.29 is 4.79 Å². The smallest absolute Gasteiger partial charge is 0.255 e. The number of H-pyrrole nitrogens is 1. The molecule has 0 atom stereocenters. The number of carbonyl (C=O) groups excluding carboxylic acids is 1. The van der Waals surface area contributed by atoms with Crippen LogP contribution in [0.15, 0.2) is 53.5 Å². The van der Waals surface area contributed by atoms with Crippen LogP contribution in [-0.2, 0) is 11.2 Å². The Bertz CT molecular complexity index is 959. The monoisotopic (exact) mass is 410 g/mol. The molecule has 0 unspecified atom stereocenters. The van der Waals surface area contributed by atoms with Gasteiger partial charge in [0.15, 0.2) is 0 Å². The summed E-state index contributed by atoms with van der Waals surface area (Å²) < 4.78 is 0. The first kappa shape index (κ1) is 27.1. The number of pyridine rings is 1. The van der Waals surface area contributed by atoms with E-state index in [1.54, 1.807) is 6.20 Å². The molecule has 0 saturated heterocycles. The van der Waals surface area contributed by atoms with E-state index in [1.165, 1.54) is 16.7 Å². The van der Waals surface area contributed by atoms with E-state index in [0.29, 0.717) is 6.42 Å². The lowest BCUT2D eigenvalue weighted by Crippen LogP contribution is -2.19. The van der Waals surface area contributed by atoms with Gasteiger partial charge in [0.1, 0.15) is 0 Å². The lowest BCUT2D eigenvalue weighted by atomic mass is 9.98. The third kappa shape index (κ3) is 7.86. The fourth-order valence-corrected chi connectivity index (χ4v) is 2.91. The second kappa shape index (κ2) is 15.0. The van der Waals surface area contributed by atoms with Crippen molar-refractivity contribution >= 4 is 22.4 Å². The van der Waals surface area contributed by atoms with Crippen LogP contribution in [0.1, 0.15) is 64.7 Å². The molecular formula is C26H38N2O2. The molecule has 3 aromatic rings. The Balaban J connectivity index is 0.000000450. The SMILES string of the molecule is CC.CC.CC.Cc1ccc2c(=O)[nH]ccc2c1.Cc1cccc2c1CCC(=O)N2. The van der Waals surface area contributed by atoms with Gasteiger partial charge in [0.25, 0.3) is 5.56 Å². The van der Waals surface area contributed by atoms with Crippen molar-refractivity contribution in [2.75, 3.05) is 5.32 Å². The molecule has 30 heavy (non-hydrogen) atoms. The molecule has 2 heterocycles. The number of hydrogen-bond donors (Lipinski definition) is 2. The average molecular weight is 411 g/mol. The molecule has 1 aliphatic heterocycles. The van der Waals surface area contributed by atoms with Crippen LogP contribution in [0.25, 0.3) is 10.8 Å². The first-order chi connectivity index (χ1) is 14.5. The summed E-state index contributed by atoms with van der Waals surface area (Å²) in [5.74, 6) is 0.133. The summed E-state index contributed by atoms with van der Waals surface area (Å²) >= 11 is 0. The molecule has 4 nitrogen and oxygen atoms in total. The highest BCUT2D eigenvalue weighted by Crippen LogP contribution is 2.24. The Kier molecular flexibility index (Phi) is 13.6. The van der Waals surface area contributed by atoms with E-state index in [-0.39, 0.29) is 11.5 Å². The predicted molar refractivity (Wildman–Crippen MR) is 131 cm³/mol. The van der Waals surface area contributed by atoms with Crippen molar-refractivity contribution in [3.63, 3.8) is 0 Å². The molecule has 0 fully saturated rings. The summed E-state index contributed by atoms with van der Waals surface area (Å²) in [4.78, 5) is 24.9. The van der Waals surface area contributed by atoms with Crippen LogP contribution in [0.3, 0.4) is 0 Å². The number of amides is 1. The first-order valence-electron chi connectivity index (χ1n) is 11.0. The van der Waals surface area contributed by atoms with Crippen molar-refractivity contribution in [3.8, 4) is 0 Å². The number of aromatic amines is 1. The Morgan fingerprint density at radius 3 is 2.13 bits per heavy atom. The van der Waals surface area contributed by atoms with Gasteiger partial charge in [-0.2, -0.15) is 0 Å². The van der Waals surface area contributed by atoms with Gasteiger partial charge in [-0.05, 0) is 55.0 Å². The maximum absolute atomic E-state index is 11.2. The predicted octanol–water partition coefficient (Wildman–Crippen LogP) is 6.79. The van der Waals surface area contributed by atoms with Crippen LogP contribution in [-0.4, -0.2) is 10.9 Å². The largest absolute Gasteiger partial charge is 0.329 e. The van der Waals surface area contributed by atoms with E-state index in [1.807, 2.05) is 84.9 Å². The standard InChI is InChI=1S/C10H9NO.C10H11NO.3C2H6/c1-7-2-3-9-8(6-7)4-5-11-10(9)12;1-7-3-2-4-9-8(7)5-6-10(12)11-9;3*1-2/h2-6H,1H3,(H,11,12);2-4H,5-6H2,1H3,(H,11,12);3*1-2H3. The Morgan fingerprint density at radius 1 is 0.800 bits per heavy atom. The van der Waals surface area contributed by atoms with Crippen LogP contribution < -0.4 is 10.9 Å². The average Bonchev–Trinajstić information content (AvgIpc) is 2.78. The lowest BCUT2D eigenvalue weighted by molar-refractivity contribution is -0.116. The molecule has 0 bridgehead atoms. The van der Waals surface area contributed by atoms with Crippen LogP contribution in [0.4, 0.5) is 5.69 Å². The number of carbonyl (C=O) groups is 1. The molecule has 1 amide bonds. The molecule has 0 saturated carbocycles. The quantitative estimate of drug-likeness (QED) is 0.428. The van der Waals surface area contributed by atoms with Gasteiger partial charge < -0.3 is 10.3 Å². The third-order valence-corrected chi connectivity index (χ3v) is 4.22. The summed E-state index contributed by atoms with van der Waals surface area (Å²) in [5.41, 5.74) is 4.71. The van der Waals surface area contributed by atoms with Gasteiger partial charge in [-0.1, -0.05) is 71.4 Å². The second-order valence-corrected chi connectivity index (χ2v) is 6.05. The molecule has 4 rings (SSSR count). The second-order valence-electron chi connectivity index (χ2n) is 6.05. The number of aromatic nitrogens is 1. The number of anilines is 1. The molecule has 0 spiro atoms. The molecule has 2 aromatic carbocycles. The Morgan fingerprint density at radius 2 is 1.47 bits per heavy atom. The van der Waals surface area contributed by atoms with Gasteiger partial charge in [-0.25, -0.2) is 0 Å². The van der Waals surface area contributed by atoms with Crippen LogP contribution in [0.2, 0.25) is 0 Å². The highest BCUT2D eigenvalue weighted by atomic mass is 16.1. The molecule has 4 heteroatoms. The molecule has 0 radical (unpaired) electrons. The van der Waals surface area contributed by atoms with Gasteiger partial charge in [0, 0.05) is 23.7 Å². The highest BCUT2D eigenvalue weighted by molar-refractivity contribution is 5.94. The third-order valence-electron chi connectivity index (χ3n) is 4.22. The van der Waals surface area contributed by atoms with E-state index in [0.717, 1.165) is 22.9 Å². The van der Waals surface area contributed by atoms with Gasteiger partial charge in [-0.15, -0.1) is 0 Å². The normalized spacial score (nSPS) is 10.9. The molecule has 1 aliphatic rings. The van der Waals surface area contributed by atoms with Gasteiger partial charge >= 0.3 is 0 Å². The zero-order chi connectivity index (χ0) is 23.1. The van der Waals surface area contributed by atoms with E-state index < -0.39 is 0 Å². The van der Waals surface area contributed by atoms with Crippen molar-refractivity contribution in [3.05, 3.63) is 75.7 Å². The van der Waals surface area contributed by atoms with Crippen LogP contribution >= 0.6 is 0 Å². The minimum atomic E-state index is -0.0208. The molecular weight excluding hydrogens is 372 g/mol. The zero-order valence-corrected chi connectivity index (χ0v) is 19.8. The number of nitrogens with one attached hydrogen (secondary N) is 2. The van der Waals surface area contributed by atoms with Gasteiger partial charge in [0.05, 0.1) is 0 Å². The number of hydrogen-bond acceptors (Lipinski definition) is 2. The van der Waals surface area contributed by atoms with Crippen molar-refractivity contribution in [1.82, 2.24) is 4.98 Å². The minimum Gasteiger partial charge on any atom is -0.329 e. The molecule has 0 aliphatic carbocycles. The zero-order valence-electron chi connectivity index (χ0n) is 19.8. The summed E-state index contributed by atoms with van der Waals surface area (Å²) in [5, 5.41) is 4.61. The van der Waals surface area contributed by atoms with Gasteiger partial charge in [-0.3, -0.25) is 9.59 Å². The van der Waals surface area contributed by atoms with Crippen LogP contribution in [0.5, 0.6) is 0 Å². The van der Waals surface area contributed by atoms with E-state index in [9.17, 15) is 9.59 Å². The maximum atomic E-state index is 11.2. The van der Waals surface area contributed by atoms with E-state index in [2.05, 4.69) is 23.3 Å². The van der Waals surface area contributed by atoms with Gasteiger partial charge in [0.2, 0.25) is 5.91 Å². The topological polar surface area (TPSA) is 62.0 Å². The van der Waals surface area contributed by atoms with E-state index in [4.69, 9.17) is 0 Å². The summed E-state index contributed by atoms with van der Waals surface area (Å²) in [6.07, 6.45) is 3.18. The van der Waals surface area contributed by atoms with Crippen LogP contribution in [0, 0.1) is 13.8 Å². The van der Waals surface area contributed by atoms with Crippen molar-refractivity contribution in [2.24, 2.45) is 0 Å². The fraction of sp³-hybridized carbons (Fsp3) is 0.385. The highest BCUT2D eigenvalue weighted by Gasteiger charge is 2.14. The summed E-state index contributed by atoms with van der Waals surface area (Å²) in [6, 6.07) is 13.7. The number of fused-ring (bicyclic) bond motifs is 2. The summed E-state index contributed by atoms with van der Waals surface area (Å²) in [6.45, 7) is 16.1. The lowest BCUT2D eigenvalue weighted by Gasteiger charge is -2.18. The maximum Gasteiger partial charge on any atom is 0.255 e. The number of aryl methyl sites for hydroxylation is 2. The fourth-order valence-electron chi connectivity index (χ4n) is 2.91. The molecule has 164 valence electrons. The van der Waals surface area contributed by atoms with Crippen molar-refractivity contribution in [1.29, 1.82) is 0 Å². The molecule has 1 aromatic heterocycles. The van der Waals surface area contributed by atoms with Crippen molar-refractivity contribution in [2.45, 2.75) is 68.2 Å². The summed E-state index contributed by atoms with van der Waals surface area (Å²) in [7, 11) is 0. The molecule has 2 N–H and O–H groups in total. The Hall–Kier alpha value is -2.88.